The van der Waals surface area contributed by atoms with Gasteiger partial charge >= 0.3 is 0 Å². The Morgan fingerprint density at radius 3 is 1.75 bits per heavy atom. The number of aryl methyl sites for hydroxylation is 1. The van der Waals surface area contributed by atoms with Crippen molar-refractivity contribution >= 4 is 53.3 Å². The zero-order chi connectivity index (χ0) is 37.9. The first kappa shape index (κ1) is 33.2. The summed E-state index contributed by atoms with van der Waals surface area (Å²) < 4.78 is 4.95. The molecule has 0 unspecified atom stereocenters. The van der Waals surface area contributed by atoms with Gasteiger partial charge in [0.05, 0.1) is 16.7 Å². The molecule has 4 nitrogen and oxygen atoms in total. The minimum absolute atomic E-state index is 0.615. The molecule has 11 rings (SSSR count). The van der Waals surface area contributed by atoms with Gasteiger partial charge in [0.25, 0.3) is 0 Å². The summed E-state index contributed by atoms with van der Waals surface area (Å²) in [5.74, 6) is 1.88. The number of aromatic nitrogens is 4. The fourth-order valence-corrected chi connectivity index (χ4v) is 9.45. The number of thiophene rings is 1. The molecule has 0 atom stereocenters. The maximum Gasteiger partial charge on any atom is 0.166 e. The Morgan fingerprint density at radius 2 is 0.982 bits per heavy atom. The van der Waals surface area contributed by atoms with Crippen molar-refractivity contribution < 1.29 is 0 Å². The van der Waals surface area contributed by atoms with Gasteiger partial charge in [-0.1, -0.05) is 163 Å². The zero-order valence-corrected chi connectivity index (χ0v) is 31.9. The fourth-order valence-electron chi connectivity index (χ4n) is 8.22. The summed E-state index contributed by atoms with van der Waals surface area (Å²) >= 11 is 1.84. The molecular formula is C52H34N4S. The molecule has 268 valence electrons. The summed E-state index contributed by atoms with van der Waals surface area (Å²) in [5.41, 5.74) is 11.9. The Morgan fingerprint density at radius 1 is 0.386 bits per heavy atom. The molecule has 0 aliphatic heterocycles. The average Bonchev–Trinajstić information content (AvgIpc) is 3.82. The second kappa shape index (κ2) is 13.5. The lowest BCUT2D eigenvalue weighted by Crippen LogP contribution is -2.04. The van der Waals surface area contributed by atoms with E-state index in [1.807, 2.05) is 47.7 Å². The Balaban J connectivity index is 1.23. The van der Waals surface area contributed by atoms with Crippen molar-refractivity contribution in [3.63, 3.8) is 0 Å². The van der Waals surface area contributed by atoms with E-state index in [2.05, 4.69) is 163 Å². The first-order valence-electron chi connectivity index (χ1n) is 19.2. The molecule has 0 aliphatic carbocycles. The molecule has 3 heterocycles. The van der Waals surface area contributed by atoms with Crippen LogP contribution in [0.2, 0.25) is 0 Å². The summed E-state index contributed by atoms with van der Waals surface area (Å²) in [6.07, 6.45) is 0. The summed E-state index contributed by atoms with van der Waals surface area (Å²) in [6.45, 7) is 2.15. The molecule has 0 saturated carbocycles. The molecule has 3 aromatic heterocycles. The highest BCUT2D eigenvalue weighted by Gasteiger charge is 2.21. The second-order valence-corrected chi connectivity index (χ2v) is 15.6. The van der Waals surface area contributed by atoms with E-state index < -0.39 is 0 Å². The SMILES string of the molecule is Cc1cccc(-c2ccc3c4ccccc4n(-c4ccc(-c5cccc6c5sc5ccccc56)cc4-c4nc(-c5ccccc5)nc(-c5ccccc5)n4)c3c2)c1. The predicted octanol–water partition coefficient (Wildman–Crippen LogP) is 14.0. The summed E-state index contributed by atoms with van der Waals surface area (Å²) in [7, 11) is 0. The number of nitrogens with zero attached hydrogens (tertiary/aromatic N) is 4. The second-order valence-electron chi connectivity index (χ2n) is 14.5. The number of rotatable bonds is 6. The van der Waals surface area contributed by atoms with E-state index in [0.717, 1.165) is 39.0 Å². The molecule has 0 amide bonds. The normalized spacial score (nSPS) is 11.6. The average molecular weight is 747 g/mol. The van der Waals surface area contributed by atoms with E-state index in [-0.39, 0.29) is 0 Å². The van der Waals surface area contributed by atoms with Crippen molar-refractivity contribution in [3.05, 3.63) is 194 Å². The van der Waals surface area contributed by atoms with Gasteiger partial charge in [-0.25, -0.2) is 15.0 Å². The van der Waals surface area contributed by atoms with Crippen LogP contribution in [0.5, 0.6) is 0 Å². The Labute approximate surface area is 334 Å². The predicted molar refractivity (Wildman–Crippen MR) is 239 cm³/mol. The molecule has 11 aromatic rings. The topological polar surface area (TPSA) is 43.6 Å². The summed E-state index contributed by atoms with van der Waals surface area (Å²) in [6, 6.07) is 66.8. The minimum atomic E-state index is 0.615. The Hall–Kier alpha value is -7.21. The van der Waals surface area contributed by atoms with Gasteiger partial charge in [-0.2, -0.15) is 0 Å². The van der Waals surface area contributed by atoms with Gasteiger partial charge in [0, 0.05) is 47.6 Å². The smallest absolute Gasteiger partial charge is 0.166 e. The van der Waals surface area contributed by atoms with Crippen LogP contribution in [0, 0.1) is 6.92 Å². The first-order chi connectivity index (χ1) is 28.2. The van der Waals surface area contributed by atoms with Crippen molar-refractivity contribution in [2.45, 2.75) is 6.92 Å². The molecule has 0 radical (unpaired) electrons. The van der Waals surface area contributed by atoms with Crippen molar-refractivity contribution in [1.82, 2.24) is 19.5 Å². The first-order valence-corrected chi connectivity index (χ1v) is 20.0. The van der Waals surface area contributed by atoms with Gasteiger partial charge in [0.2, 0.25) is 0 Å². The van der Waals surface area contributed by atoms with Gasteiger partial charge < -0.3 is 4.57 Å². The van der Waals surface area contributed by atoms with Gasteiger partial charge in [-0.15, -0.1) is 11.3 Å². The number of para-hydroxylation sites is 1. The molecule has 0 N–H and O–H groups in total. The third kappa shape index (κ3) is 5.71. The maximum atomic E-state index is 5.30. The van der Waals surface area contributed by atoms with E-state index in [1.165, 1.54) is 53.2 Å². The number of hydrogen-bond donors (Lipinski definition) is 0. The van der Waals surface area contributed by atoms with Crippen molar-refractivity contribution in [2.24, 2.45) is 0 Å². The van der Waals surface area contributed by atoms with Crippen LogP contribution >= 0.6 is 11.3 Å². The minimum Gasteiger partial charge on any atom is -0.308 e. The van der Waals surface area contributed by atoms with E-state index >= 15 is 0 Å². The maximum absolute atomic E-state index is 5.30. The monoisotopic (exact) mass is 746 g/mol. The lowest BCUT2D eigenvalue weighted by Gasteiger charge is -2.17. The lowest BCUT2D eigenvalue weighted by molar-refractivity contribution is 1.06. The Bertz CT molecular complexity index is 3250. The lowest BCUT2D eigenvalue weighted by atomic mass is 9.99. The molecule has 5 heteroatoms. The largest absolute Gasteiger partial charge is 0.308 e. The van der Waals surface area contributed by atoms with E-state index in [9.17, 15) is 0 Å². The highest BCUT2D eigenvalue weighted by atomic mass is 32.1. The van der Waals surface area contributed by atoms with Gasteiger partial charge in [-0.05, 0) is 59.5 Å². The van der Waals surface area contributed by atoms with E-state index in [4.69, 9.17) is 15.0 Å². The molecule has 0 aliphatic rings. The third-order valence-electron chi connectivity index (χ3n) is 10.9. The van der Waals surface area contributed by atoms with Gasteiger partial charge in [0.1, 0.15) is 0 Å². The zero-order valence-electron chi connectivity index (χ0n) is 31.1. The highest BCUT2D eigenvalue weighted by Crippen LogP contribution is 2.43. The van der Waals surface area contributed by atoms with Crippen LogP contribution in [0.25, 0.3) is 104 Å². The highest BCUT2D eigenvalue weighted by molar-refractivity contribution is 7.26. The number of hydrogen-bond acceptors (Lipinski definition) is 4. The molecule has 0 spiro atoms. The molecular weight excluding hydrogens is 713 g/mol. The Kier molecular flexibility index (Phi) is 7.86. The van der Waals surface area contributed by atoms with E-state index in [1.54, 1.807) is 0 Å². The van der Waals surface area contributed by atoms with Crippen molar-refractivity contribution in [2.75, 3.05) is 0 Å². The van der Waals surface area contributed by atoms with Crippen LogP contribution in [0.15, 0.2) is 188 Å². The summed E-state index contributed by atoms with van der Waals surface area (Å²) in [5, 5.41) is 4.93. The standard InChI is InChI=1S/C52H34N4S/c1-33-14-12-19-36(30-33)37-26-28-41-40-20-8-10-24-45(40)56(47(41)32-37)46-29-27-38(39-22-13-23-43-42-21-9-11-25-48(42)57-49(39)43)31-44(46)52-54-50(34-15-4-2-5-16-34)53-51(55-52)35-17-6-3-7-18-35/h2-32H,1H3. The van der Waals surface area contributed by atoms with Gasteiger partial charge in [-0.3, -0.25) is 0 Å². The van der Waals surface area contributed by atoms with Crippen LogP contribution < -0.4 is 0 Å². The van der Waals surface area contributed by atoms with Crippen LogP contribution in [0.1, 0.15) is 5.56 Å². The van der Waals surface area contributed by atoms with E-state index in [0.29, 0.717) is 17.5 Å². The van der Waals surface area contributed by atoms with Crippen LogP contribution in [-0.4, -0.2) is 19.5 Å². The van der Waals surface area contributed by atoms with Crippen molar-refractivity contribution in [3.8, 4) is 62.1 Å². The molecule has 57 heavy (non-hydrogen) atoms. The molecule has 0 saturated heterocycles. The van der Waals surface area contributed by atoms with Crippen LogP contribution in [0.4, 0.5) is 0 Å². The quantitative estimate of drug-likeness (QED) is 0.170. The van der Waals surface area contributed by atoms with Crippen LogP contribution in [-0.2, 0) is 0 Å². The summed E-state index contributed by atoms with van der Waals surface area (Å²) in [4.78, 5) is 15.7. The fraction of sp³-hybridized carbons (Fsp3) is 0.0192. The third-order valence-corrected chi connectivity index (χ3v) is 12.1. The number of fused-ring (bicyclic) bond motifs is 6. The molecule has 0 bridgehead atoms. The van der Waals surface area contributed by atoms with Crippen molar-refractivity contribution in [1.29, 1.82) is 0 Å². The number of benzene rings is 8. The molecule has 8 aromatic carbocycles. The van der Waals surface area contributed by atoms with Crippen LogP contribution in [0.3, 0.4) is 0 Å². The van der Waals surface area contributed by atoms with Gasteiger partial charge in [0.15, 0.2) is 17.5 Å². The molecule has 0 fully saturated rings.